The molecule has 0 aromatic carbocycles. The van der Waals surface area contributed by atoms with Crippen molar-refractivity contribution in [1.82, 2.24) is 9.97 Å². The second-order valence-electron chi connectivity index (χ2n) is 4.52. The lowest BCUT2D eigenvalue weighted by Crippen LogP contribution is -2.40. The maximum atomic E-state index is 11.8. The van der Waals surface area contributed by atoms with Crippen LogP contribution in [-0.2, 0) is 4.79 Å². The normalized spacial score (nSPS) is 18.0. The molecule has 0 bridgehead atoms. The Morgan fingerprint density at radius 2 is 2.18 bits per heavy atom. The minimum absolute atomic E-state index is 0.121. The van der Waals surface area contributed by atoms with Crippen LogP contribution in [0.25, 0.3) is 0 Å². The number of anilines is 1. The molecular formula is C11H15ClN4O. The van der Waals surface area contributed by atoms with Gasteiger partial charge < -0.3 is 11.1 Å². The van der Waals surface area contributed by atoms with E-state index in [1.165, 1.54) is 12.4 Å². The van der Waals surface area contributed by atoms with E-state index in [4.69, 9.17) is 17.3 Å². The molecule has 92 valence electrons. The van der Waals surface area contributed by atoms with E-state index in [1.54, 1.807) is 0 Å². The van der Waals surface area contributed by atoms with E-state index in [-0.39, 0.29) is 11.4 Å². The molecule has 0 radical (unpaired) electrons. The summed E-state index contributed by atoms with van der Waals surface area (Å²) in [6.07, 6.45) is 5.66. The summed E-state index contributed by atoms with van der Waals surface area (Å²) >= 11 is 5.70. The zero-order chi connectivity index (χ0) is 12.3. The number of hydrogen-bond donors (Lipinski definition) is 2. The van der Waals surface area contributed by atoms with Crippen LogP contribution in [0.3, 0.4) is 0 Å². The quantitative estimate of drug-likeness (QED) is 0.805. The highest BCUT2D eigenvalue weighted by atomic mass is 35.5. The minimum atomic E-state index is -0.346. The monoisotopic (exact) mass is 254 g/mol. The Morgan fingerprint density at radius 1 is 1.47 bits per heavy atom. The number of carbonyl (C=O) groups excluding carboxylic acids is 1. The van der Waals surface area contributed by atoms with Gasteiger partial charge in [-0.25, -0.2) is 9.97 Å². The third-order valence-electron chi connectivity index (χ3n) is 3.01. The number of hydrogen-bond acceptors (Lipinski definition) is 4. The Labute approximate surface area is 105 Å². The second-order valence-corrected chi connectivity index (χ2v) is 4.91. The molecule has 1 aromatic rings. The van der Waals surface area contributed by atoms with E-state index in [1.807, 2.05) is 0 Å². The first-order valence-electron chi connectivity index (χ1n) is 5.64. The number of amides is 1. The van der Waals surface area contributed by atoms with Gasteiger partial charge in [0, 0.05) is 18.0 Å². The van der Waals surface area contributed by atoms with Crippen LogP contribution in [0.1, 0.15) is 32.1 Å². The summed E-state index contributed by atoms with van der Waals surface area (Å²) in [6.45, 7) is 0. The van der Waals surface area contributed by atoms with Crippen LogP contribution >= 0.6 is 11.6 Å². The fraction of sp³-hybridized carbons (Fsp3) is 0.545. The fourth-order valence-electron chi connectivity index (χ4n) is 2.16. The van der Waals surface area contributed by atoms with Gasteiger partial charge in [0.05, 0.1) is 0 Å². The van der Waals surface area contributed by atoms with Gasteiger partial charge in [0.25, 0.3) is 0 Å². The van der Waals surface area contributed by atoms with Crippen LogP contribution in [0.4, 0.5) is 5.82 Å². The minimum Gasteiger partial charge on any atom is -0.325 e. The molecule has 2 rings (SSSR count). The van der Waals surface area contributed by atoms with Crippen molar-refractivity contribution in [3.8, 4) is 0 Å². The molecule has 1 heterocycles. The van der Waals surface area contributed by atoms with Gasteiger partial charge in [-0.05, 0) is 12.8 Å². The Balaban J connectivity index is 1.93. The topological polar surface area (TPSA) is 80.9 Å². The average molecular weight is 255 g/mol. The maximum Gasteiger partial charge on any atom is 0.227 e. The van der Waals surface area contributed by atoms with Gasteiger partial charge in [0.2, 0.25) is 5.91 Å². The van der Waals surface area contributed by atoms with E-state index in [2.05, 4.69) is 15.3 Å². The van der Waals surface area contributed by atoms with Crippen molar-refractivity contribution >= 4 is 23.3 Å². The van der Waals surface area contributed by atoms with Crippen molar-refractivity contribution in [3.05, 3.63) is 17.5 Å². The molecule has 0 unspecified atom stereocenters. The fourth-order valence-corrected chi connectivity index (χ4v) is 2.31. The van der Waals surface area contributed by atoms with Crippen LogP contribution in [0.5, 0.6) is 0 Å². The molecule has 0 spiro atoms. The first kappa shape index (κ1) is 12.3. The lowest BCUT2D eigenvalue weighted by Gasteiger charge is -2.22. The van der Waals surface area contributed by atoms with Gasteiger partial charge in [0.15, 0.2) is 0 Å². The number of nitrogens with one attached hydrogen (secondary N) is 1. The lowest BCUT2D eigenvalue weighted by molar-refractivity contribution is -0.117. The molecule has 5 nitrogen and oxygen atoms in total. The van der Waals surface area contributed by atoms with Crippen molar-refractivity contribution in [2.75, 3.05) is 5.32 Å². The summed E-state index contributed by atoms with van der Waals surface area (Å²) < 4.78 is 0. The van der Waals surface area contributed by atoms with Crippen molar-refractivity contribution in [1.29, 1.82) is 0 Å². The molecule has 0 saturated heterocycles. The Kier molecular flexibility index (Phi) is 3.59. The van der Waals surface area contributed by atoms with Gasteiger partial charge in [-0.1, -0.05) is 24.4 Å². The molecular weight excluding hydrogens is 240 g/mol. The predicted octanol–water partition coefficient (Wildman–Crippen LogP) is 1.73. The lowest BCUT2D eigenvalue weighted by atomic mass is 9.94. The highest BCUT2D eigenvalue weighted by Crippen LogP contribution is 2.30. The highest BCUT2D eigenvalue weighted by molar-refractivity contribution is 6.29. The van der Waals surface area contributed by atoms with E-state index in [9.17, 15) is 4.79 Å². The molecule has 1 amide bonds. The van der Waals surface area contributed by atoms with Crippen LogP contribution < -0.4 is 11.1 Å². The predicted molar refractivity (Wildman–Crippen MR) is 65.7 cm³/mol. The molecule has 1 aliphatic carbocycles. The number of aromatic nitrogens is 2. The van der Waals surface area contributed by atoms with Crippen molar-refractivity contribution in [3.63, 3.8) is 0 Å². The third kappa shape index (κ3) is 3.38. The first-order valence-corrected chi connectivity index (χ1v) is 6.01. The van der Waals surface area contributed by atoms with E-state index >= 15 is 0 Å². The molecule has 0 aliphatic heterocycles. The van der Waals surface area contributed by atoms with Crippen LogP contribution in [0.2, 0.25) is 5.15 Å². The van der Waals surface area contributed by atoms with E-state index < -0.39 is 0 Å². The van der Waals surface area contributed by atoms with Gasteiger partial charge in [-0.3, -0.25) is 4.79 Å². The number of halogens is 1. The summed E-state index contributed by atoms with van der Waals surface area (Å²) in [5.74, 6) is 0.292. The third-order valence-corrected chi connectivity index (χ3v) is 3.22. The first-order chi connectivity index (χ1) is 8.07. The Bertz CT molecular complexity index is 418. The number of nitrogens with zero attached hydrogens (tertiary/aromatic N) is 2. The van der Waals surface area contributed by atoms with Crippen molar-refractivity contribution < 1.29 is 4.79 Å². The zero-order valence-electron chi connectivity index (χ0n) is 9.45. The van der Waals surface area contributed by atoms with E-state index in [0.717, 1.165) is 25.7 Å². The molecule has 1 aromatic heterocycles. The summed E-state index contributed by atoms with van der Waals surface area (Å²) in [5, 5.41) is 2.98. The number of carbonyl (C=O) groups is 1. The number of nitrogens with two attached hydrogens (primary N) is 1. The summed E-state index contributed by atoms with van der Waals surface area (Å²) in [5.41, 5.74) is 5.78. The standard InChI is InChI=1S/C11H15ClN4O/c12-8-5-9(15-7-14-8)16-10(17)6-11(13)3-1-2-4-11/h5,7H,1-4,6,13H2,(H,14,15,16,17). The summed E-state index contributed by atoms with van der Waals surface area (Å²) in [7, 11) is 0. The zero-order valence-corrected chi connectivity index (χ0v) is 10.2. The average Bonchev–Trinajstić information content (AvgIpc) is 2.64. The second kappa shape index (κ2) is 4.98. The van der Waals surface area contributed by atoms with Crippen molar-refractivity contribution in [2.45, 2.75) is 37.6 Å². The Morgan fingerprint density at radius 3 is 2.82 bits per heavy atom. The van der Waals surface area contributed by atoms with Gasteiger partial charge >= 0.3 is 0 Å². The molecule has 17 heavy (non-hydrogen) atoms. The summed E-state index contributed by atoms with van der Waals surface area (Å²) in [6, 6.07) is 1.51. The molecule has 0 atom stereocenters. The molecule has 3 N–H and O–H groups in total. The van der Waals surface area contributed by atoms with Gasteiger partial charge in [0.1, 0.15) is 17.3 Å². The van der Waals surface area contributed by atoms with E-state index in [0.29, 0.717) is 17.4 Å². The van der Waals surface area contributed by atoms with Crippen molar-refractivity contribution in [2.24, 2.45) is 5.73 Å². The van der Waals surface area contributed by atoms with Gasteiger partial charge in [-0.15, -0.1) is 0 Å². The molecule has 1 saturated carbocycles. The number of rotatable bonds is 3. The van der Waals surface area contributed by atoms with Crippen LogP contribution in [0, 0.1) is 0 Å². The van der Waals surface area contributed by atoms with Crippen LogP contribution in [-0.4, -0.2) is 21.4 Å². The molecule has 6 heteroatoms. The smallest absolute Gasteiger partial charge is 0.227 e. The maximum absolute atomic E-state index is 11.8. The summed E-state index contributed by atoms with van der Waals surface area (Å²) in [4.78, 5) is 19.4. The Hall–Kier alpha value is -1.20. The SMILES string of the molecule is NC1(CC(=O)Nc2cc(Cl)ncn2)CCCC1. The van der Waals surface area contributed by atoms with Gasteiger partial charge in [-0.2, -0.15) is 0 Å². The molecule has 1 aliphatic rings. The molecule has 1 fully saturated rings. The highest BCUT2D eigenvalue weighted by Gasteiger charge is 2.31. The largest absolute Gasteiger partial charge is 0.325 e. The van der Waals surface area contributed by atoms with Crippen LogP contribution in [0.15, 0.2) is 12.4 Å².